The molecule has 5 nitrogen and oxygen atoms in total. The summed E-state index contributed by atoms with van der Waals surface area (Å²) in [6.07, 6.45) is 6.01. The van der Waals surface area contributed by atoms with E-state index in [0.29, 0.717) is 6.04 Å². The molecule has 1 aliphatic carbocycles. The van der Waals surface area contributed by atoms with Crippen molar-refractivity contribution in [2.24, 2.45) is 5.84 Å². The summed E-state index contributed by atoms with van der Waals surface area (Å²) in [7, 11) is 0. The van der Waals surface area contributed by atoms with Gasteiger partial charge in [0.2, 0.25) is 0 Å². The van der Waals surface area contributed by atoms with Gasteiger partial charge in [0.1, 0.15) is 18.0 Å². The van der Waals surface area contributed by atoms with E-state index in [9.17, 15) is 0 Å². The summed E-state index contributed by atoms with van der Waals surface area (Å²) in [6, 6.07) is 0.598. The molecule has 4 N–H and O–H groups in total. The molecule has 0 spiro atoms. The minimum atomic E-state index is 0.598. The second kappa shape index (κ2) is 4.44. The molecule has 0 amide bonds. The highest BCUT2D eigenvalue weighted by Gasteiger charge is 2.23. The van der Waals surface area contributed by atoms with E-state index < -0.39 is 0 Å². The quantitative estimate of drug-likeness (QED) is 0.501. The molecular formula is C10H17N5. The van der Waals surface area contributed by atoms with Crippen molar-refractivity contribution >= 4 is 11.6 Å². The van der Waals surface area contributed by atoms with Gasteiger partial charge in [0.25, 0.3) is 0 Å². The summed E-state index contributed by atoms with van der Waals surface area (Å²) in [5.74, 6) is 7.09. The van der Waals surface area contributed by atoms with Crippen LogP contribution in [-0.4, -0.2) is 16.0 Å². The summed E-state index contributed by atoms with van der Waals surface area (Å²) in [5.41, 5.74) is 3.72. The van der Waals surface area contributed by atoms with Gasteiger partial charge in [0.15, 0.2) is 0 Å². The summed E-state index contributed by atoms with van der Waals surface area (Å²) >= 11 is 0. The van der Waals surface area contributed by atoms with Crippen molar-refractivity contribution in [3.05, 3.63) is 11.9 Å². The maximum Gasteiger partial charge on any atom is 0.148 e. The van der Waals surface area contributed by atoms with Crippen LogP contribution in [-0.2, 0) is 6.42 Å². The minimum absolute atomic E-state index is 0.598. The van der Waals surface area contributed by atoms with Crippen LogP contribution in [0.2, 0.25) is 0 Å². The highest BCUT2D eigenvalue weighted by molar-refractivity contribution is 5.57. The first-order chi connectivity index (χ1) is 7.35. The fourth-order valence-electron chi connectivity index (χ4n) is 1.57. The molecule has 1 fully saturated rings. The van der Waals surface area contributed by atoms with Crippen LogP contribution in [0.1, 0.15) is 31.7 Å². The van der Waals surface area contributed by atoms with Crippen LogP contribution < -0.4 is 16.6 Å². The lowest BCUT2D eigenvalue weighted by atomic mass is 10.1. The molecule has 1 heterocycles. The van der Waals surface area contributed by atoms with Gasteiger partial charge in [0, 0.05) is 11.6 Å². The van der Waals surface area contributed by atoms with E-state index in [0.717, 1.165) is 30.0 Å². The topological polar surface area (TPSA) is 75.9 Å². The Hall–Kier alpha value is -1.36. The van der Waals surface area contributed by atoms with Crippen LogP contribution in [0.15, 0.2) is 6.33 Å². The number of aromatic nitrogens is 2. The average Bonchev–Trinajstić information content (AvgIpc) is 3.05. The lowest BCUT2D eigenvalue weighted by molar-refractivity contribution is 0.896. The van der Waals surface area contributed by atoms with Gasteiger partial charge in [-0.2, -0.15) is 0 Å². The van der Waals surface area contributed by atoms with Crippen molar-refractivity contribution in [3.63, 3.8) is 0 Å². The number of nitrogens with one attached hydrogen (secondary N) is 2. The summed E-state index contributed by atoms with van der Waals surface area (Å²) in [4.78, 5) is 8.39. The molecule has 1 saturated carbocycles. The second-order valence-corrected chi connectivity index (χ2v) is 3.86. The van der Waals surface area contributed by atoms with Gasteiger partial charge in [-0.3, -0.25) is 0 Å². The summed E-state index contributed by atoms with van der Waals surface area (Å²) in [6.45, 7) is 2.13. The first kappa shape index (κ1) is 10.2. The largest absolute Gasteiger partial charge is 0.367 e. The molecule has 0 aliphatic heterocycles. The predicted octanol–water partition coefficient (Wildman–Crippen LogP) is 1.29. The summed E-state index contributed by atoms with van der Waals surface area (Å²) in [5, 5.41) is 3.40. The maximum atomic E-state index is 5.43. The molecule has 82 valence electrons. The third-order valence-corrected chi connectivity index (χ3v) is 2.50. The summed E-state index contributed by atoms with van der Waals surface area (Å²) < 4.78 is 0. The first-order valence-electron chi connectivity index (χ1n) is 5.42. The SMILES string of the molecule is CCCc1c(NN)ncnc1NC1CC1. The molecule has 0 radical (unpaired) electrons. The van der Waals surface area contributed by atoms with Crippen LogP contribution in [0, 0.1) is 0 Å². The van der Waals surface area contributed by atoms with Crippen LogP contribution >= 0.6 is 0 Å². The van der Waals surface area contributed by atoms with Crippen molar-refractivity contribution in [2.75, 3.05) is 10.7 Å². The fraction of sp³-hybridized carbons (Fsp3) is 0.600. The Balaban J connectivity index is 2.24. The maximum absolute atomic E-state index is 5.43. The fourth-order valence-corrected chi connectivity index (χ4v) is 1.57. The lowest BCUT2D eigenvalue weighted by Gasteiger charge is -2.12. The monoisotopic (exact) mass is 207 g/mol. The van der Waals surface area contributed by atoms with E-state index >= 15 is 0 Å². The van der Waals surface area contributed by atoms with Crippen LogP contribution in [0.4, 0.5) is 11.6 Å². The molecule has 15 heavy (non-hydrogen) atoms. The van der Waals surface area contributed by atoms with E-state index in [2.05, 4.69) is 27.6 Å². The van der Waals surface area contributed by atoms with Gasteiger partial charge in [-0.1, -0.05) is 13.3 Å². The van der Waals surface area contributed by atoms with E-state index in [1.54, 1.807) is 6.33 Å². The highest BCUT2D eigenvalue weighted by Crippen LogP contribution is 2.28. The normalized spacial score (nSPS) is 15.1. The smallest absolute Gasteiger partial charge is 0.148 e. The molecule has 0 aromatic carbocycles. The number of nitrogens with two attached hydrogens (primary N) is 1. The number of nitrogen functional groups attached to an aromatic ring is 1. The molecule has 5 heteroatoms. The van der Waals surface area contributed by atoms with Gasteiger partial charge in [-0.05, 0) is 19.3 Å². The van der Waals surface area contributed by atoms with Gasteiger partial charge in [-0.15, -0.1) is 0 Å². The minimum Gasteiger partial charge on any atom is -0.367 e. The van der Waals surface area contributed by atoms with Crippen LogP contribution in [0.5, 0.6) is 0 Å². The Labute approximate surface area is 89.5 Å². The Bertz CT molecular complexity index is 335. The zero-order valence-electron chi connectivity index (χ0n) is 8.95. The zero-order chi connectivity index (χ0) is 10.7. The van der Waals surface area contributed by atoms with E-state index in [4.69, 9.17) is 5.84 Å². The Morgan fingerprint density at radius 3 is 2.73 bits per heavy atom. The third-order valence-electron chi connectivity index (χ3n) is 2.50. The van der Waals surface area contributed by atoms with Crippen LogP contribution in [0.25, 0.3) is 0 Å². The van der Waals surface area contributed by atoms with Crippen molar-refractivity contribution in [2.45, 2.75) is 38.6 Å². The van der Waals surface area contributed by atoms with Crippen molar-refractivity contribution in [1.82, 2.24) is 9.97 Å². The number of anilines is 2. The lowest BCUT2D eigenvalue weighted by Crippen LogP contribution is -2.14. The van der Waals surface area contributed by atoms with E-state index in [-0.39, 0.29) is 0 Å². The van der Waals surface area contributed by atoms with Gasteiger partial charge < -0.3 is 10.7 Å². The van der Waals surface area contributed by atoms with Crippen LogP contribution in [0.3, 0.4) is 0 Å². The molecule has 0 bridgehead atoms. The standard InChI is InChI=1S/C10H17N5/c1-2-3-8-9(14-7-4-5-7)12-6-13-10(8)15-11/h6-7H,2-5,11H2,1H3,(H2,12,13,14,15). The number of hydrazine groups is 1. The molecule has 2 rings (SSSR count). The van der Waals surface area contributed by atoms with E-state index in [1.165, 1.54) is 12.8 Å². The zero-order valence-corrected chi connectivity index (χ0v) is 8.95. The van der Waals surface area contributed by atoms with Gasteiger partial charge in [-0.25, -0.2) is 15.8 Å². The highest BCUT2D eigenvalue weighted by atomic mass is 15.3. The second-order valence-electron chi connectivity index (χ2n) is 3.86. The predicted molar refractivity (Wildman–Crippen MR) is 60.5 cm³/mol. The first-order valence-corrected chi connectivity index (χ1v) is 5.42. The number of nitrogens with zero attached hydrogens (tertiary/aromatic N) is 2. The molecular weight excluding hydrogens is 190 g/mol. The number of hydrogen-bond acceptors (Lipinski definition) is 5. The molecule has 0 atom stereocenters. The molecule has 1 aromatic rings. The number of hydrogen-bond donors (Lipinski definition) is 3. The van der Waals surface area contributed by atoms with Crippen molar-refractivity contribution < 1.29 is 0 Å². The third kappa shape index (κ3) is 2.36. The average molecular weight is 207 g/mol. The Morgan fingerprint density at radius 2 is 2.13 bits per heavy atom. The molecule has 0 saturated heterocycles. The van der Waals surface area contributed by atoms with E-state index in [1.807, 2.05) is 0 Å². The Kier molecular flexibility index (Phi) is 3.01. The number of rotatable bonds is 5. The Morgan fingerprint density at radius 1 is 1.40 bits per heavy atom. The molecule has 1 aliphatic rings. The van der Waals surface area contributed by atoms with Crippen molar-refractivity contribution in [3.8, 4) is 0 Å². The van der Waals surface area contributed by atoms with Crippen molar-refractivity contribution in [1.29, 1.82) is 0 Å². The van der Waals surface area contributed by atoms with Gasteiger partial charge in [0.05, 0.1) is 0 Å². The van der Waals surface area contributed by atoms with Gasteiger partial charge >= 0.3 is 0 Å². The molecule has 1 aromatic heterocycles. The molecule has 0 unspecified atom stereocenters.